The maximum absolute atomic E-state index is 13.1. The molecule has 3 aromatic carbocycles. The third kappa shape index (κ3) is 5.07. The smallest absolute Gasteiger partial charge is 0.323 e. The van der Waals surface area contributed by atoms with Crippen molar-refractivity contribution in [3.05, 3.63) is 72.3 Å². The maximum Gasteiger partial charge on any atom is 0.323 e. The predicted octanol–water partition coefficient (Wildman–Crippen LogP) is 6.26. The number of anilines is 3. The van der Waals surface area contributed by atoms with E-state index in [0.29, 0.717) is 11.9 Å². The van der Waals surface area contributed by atoms with Crippen molar-refractivity contribution < 1.29 is 4.79 Å². The largest absolute Gasteiger partial charge is 0.367 e. The van der Waals surface area contributed by atoms with Crippen LogP contribution < -0.4 is 15.5 Å². The van der Waals surface area contributed by atoms with Gasteiger partial charge < -0.3 is 15.5 Å². The second-order valence-corrected chi connectivity index (χ2v) is 9.22. The summed E-state index contributed by atoms with van der Waals surface area (Å²) in [7, 11) is 0. The Balaban J connectivity index is 1.52. The molecule has 1 aliphatic rings. The standard InChI is InChI=1S/C28H31N7O/c1-3-22-8-6-7-17-35(22)26-16-13-20(23-9-4-5-10-24(23)27-31-33-34-32-27)18-25(26)30-28(36)29-21-14-11-19(2)12-15-21/h4-5,9-16,18,22H,3,6-8,17H2,1-2H3,(H2,29,30,36)(H,31,32,33,34). The van der Waals surface area contributed by atoms with E-state index in [9.17, 15) is 4.79 Å². The van der Waals surface area contributed by atoms with Crippen LogP contribution in [-0.2, 0) is 0 Å². The van der Waals surface area contributed by atoms with E-state index in [-0.39, 0.29) is 6.03 Å². The molecule has 8 heteroatoms. The molecule has 1 atom stereocenters. The molecule has 1 fully saturated rings. The SMILES string of the molecule is CCC1CCCCN1c1ccc(-c2ccccc2-c2nnn[nH]2)cc1NC(=O)Nc1ccc(C)cc1. The van der Waals surface area contributed by atoms with Crippen molar-refractivity contribution in [2.45, 2.75) is 45.6 Å². The topological polar surface area (TPSA) is 98.8 Å². The van der Waals surface area contributed by atoms with Gasteiger partial charge in [-0.1, -0.05) is 55.0 Å². The first-order valence-corrected chi connectivity index (χ1v) is 12.5. The van der Waals surface area contributed by atoms with Gasteiger partial charge in [0.2, 0.25) is 0 Å². The van der Waals surface area contributed by atoms with E-state index >= 15 is 0 Å². The second kappa shape index (κ2) is 10.6. The van der Waals surface area contributed by atoms with Gasteiger partial charge in [0.25, 0.3) is 0 Å². The summed E-state index contributed by atoms with van der Waals surface area (Å²) in [4.78, 5) is 15.5. The Hall–Kier alpha value is -4.20. The van der Waals surface area contributed by atoms with Crippen molar-refractivity contribution >= 4 is 23.1 Å². The minimum atomic E-state index is -0.268. The Labute approximate surface area is 211 Å². The van der Waals surface area contributed by atoms with Crippen LogP contribution in [0.3, 0.4) is 0 Å². The normalized spacial score (nSPS) is 15.5. The molecule has 2 amide bonds. The van der Waals surface area contributed by atoms with Crippen LogP contribution in [0.15, 0.2) is 66.7 Å². The molecule has 0 radical (unpaired) electrons. The number of piperidine rings is 1. The third-order valence-corrected chi connectivity index (χ3v) is 6.80. The molecule has 1 saturated heterocycles. The summed E-state index contributed by atoms with van der Waals surface area (Å²) in [6.45, 7) is 5.24. The van der Waals surface area contributed by atoms with Gasteiger partial charge in [0.1, 0.15) is 0 Å². The number of urea groups is 1. The highest BCUT2D eigenvalue weighted by Gasteiger charge is 2.24. The fourth-order valence-corrected chi connectivity index (χ4v) is 4.93. The van der Waals surface area contributed by atoms with Crippen LogP contribution in [0.2, 0.25) is 0 Å². The van der Waals surface area contributed by atoms with Gasteiger partial charge in [-0.25, -0.2) is 9.89 Å². The number of carbonyl (C=O) groups excluding carboxylic acids is 1. The third-order valence-electron chi connectivity index (χ3n) is 6.80. The summed E-state index contributed by atoms with van der Waals surface area (Å²) >= 11 is 0. The summed E-state index contributed by atoms with van der Waals surface area (Å²) in [6.07, 6.45) is 4.61. The summed E-state index contributed by atoms with van der Waals surface area (Å²) in [5, 5.41) is 20.5. The van der Waals surface area contributed by atoms with Gasteiger partial charge in [0, 0.05) is 23.8 Å². The Morgan fingerprint density at radius 3 is 2.58 bits per heavy atom. The number of nitrogens with one attached hydrogen (secondary N) is 3. The number of rotatable bonds is 6. The quantitative estimate of drug-likeness (QED) is 0.302. The molecule has 5 rings (SSSR count). The first-order chi connectivity index (χ1) is 17.6. The molecule has 184 valence electrons. The number of benzene rings is 3. The van der Waals surface area contributed by atoms with Crippen LogP contribution in [0.25, 0.3) is 22.5 Å². The molecule has 1 aliphatic heterocycles. The lowest BCUT2D eigenvalue weighted by molar-refractivity contribution is 0.262. The lowest BCUT2D eigenvalue weighted by atomic mass is 9.96. The number of amides is 2. The molecule has 0 aliphatic carbocycles. The van der Waals surface area contributed by atoms with Crippen molar-refractivity contribution in [1.29, 1.82) is 0 Å². The number of aromatic nitrogens is 4. The van der Waals surface area contributed by atoms with Crippen LogP contribution >= 0.6 is 0 Å². The van der Waals surface area contributed by atoms with Crippen LogP contribution in [0.4, 0.5) is 21.9 Å². The first-order valence-electron chi connectivity index (χ1n) is 12.5. The van der Waals surface area contributed by atoms with Gasteiger partial charge in [-0.3, -0.25) is 0 Å². The van der Waals surface area contributed by atoms with Crippen molar-refractivity contribution in [3.8, 4) is 22.5 Å². The zero-order valence-corrected chi connectivity index (χ0v) is 20.7. The molecule has 0 saturated carbocycles. The first kappa shape index (κ1) is 23.5. The highest BCUT2D eigenvalue weighted by atomic mass is 16.2. The molecule has 4 aromatic rings. The minimum Gasteiger partial charge on any atom is -0.367 e. The highest BCUT2D eigenvalue weighted by Crippen LogP contribution is 2.38. The molecule has 1 unspecified atom stereocenters. The number of hydrogen-bond donors (Lipinski definition) is 3. The minimum absolute atomic E-state index is 0.268. The van der Waals surface area contributed by atoms with Crippen LogP contribution in [0.5, 0.6) is 0 Å². The number of nitrogens with zero attached hydrogens (tertiary/aromatic N) is 4. The van der Waals surface area contributed by atoms with Crippen LogP contribution in [-0.4, -0.2) is 39.2 Å². The van der Waals surface area contributed by atoms with Gasteiger partial charge in [-0.15, -0.1) is 5.10 Å². The maximum atomic E-state index is 13.1. The van der Waals surface area contributed by atoms with Crippen molar-refractivity contribution in [3.63, 3.8) is 0 Å². The van der Waals surface area contributed by atoms with Crippen LogP contribution in [0.1, 0.15) is 38.2 Å². The Morgan fingerprint density at radius 1 is 1.03 bits per heavy atom. The number of aromatic amines is 1. The average molecular weight is 482 g/mol. The molecule has 1 aromatic heterocycles. The Kier molecular flexibility index (Phi) is 6.93. The molecular weight excluding hydrogens is 450 g/mol. The van der Waals surface area contributed by atoms with E-state index in [1.165, 1.54) is 6.42 Å². The van der Waals surface area contributed by atoms with Gasteiger partial charge in [0.15, 0.2) is 5.82 Å². The molecular formula is C28H31N7O. The molecule has 2 heterocycles. The highest BCUT2D eigenvalue weighted by molar-refractivity contribution is 6.02. The molecule has 0 bridgehead atoms. The molecule has 36 heavy (non-hydrogen) atoms. The fourth-order valence-electron chi connectivity index (χ4n) is 4.93. The van der Waals surface area contributed by atoms with Crippen molar-refractivity contribution in [2.75, 3.05) is 22.1 Å². The predicted molar refractivity (Wildman–Crippen MR) is 144 cm³/mol. The fraction of sp³-hybridized carbons (Fsp3) is 0.286. The van der Waals surface area contributed by atoms with Crippen molar-refractivity contribution in [1.82, 2.24) is 20.6 Å². The summed E-state index contributed by atoms with van der Waals surface area (Å²) in [5.74, 6) is 0.600. The Bertz CT molecular complexity index is 1320. The van der Waals surface area contributed by atoms with E-state index < -0.39 is 0 Å². The zero-order chi connectivity index (χ0) is 24.9. The van der Waals surface area contributed by atoms with E-state index in [2.05, 4.69) is 55.2 Å². The number of carbonyl (C=O) groups is 1. The molecule has 0 spiro atoms. The number of hydrogen-bond acceptors (Lipinski definition) is 5. The number of tetrazole rings is 1. The second-order valence-electron chi connectivity index (χ2n) is 9.22. The van der Waals surface area contributed by atoms with Crippen molar-refractivity contribution in [2.24, 2.45) is 0 Å². The summed E-state index contributed by atoms with van der Waals surface area (Å²) in [6, 6.07) is 22.2. The average Bonchev–Trinajstić information content (AvgIpc) is 3.45. The van der Waals surface area contributed by atoms with E-state index in [0.717, 1.165) is 65.1 Å². The number of aryl methyl sites for hydroxylation is 1. The van der Waals surface area contributed by atoms with Gasteiger partial charge >= 0.3 is 6.03 Å². The van der Waals surface area contributed by atoms with Crippen LogP contribution in [0, 0.1) is 6.92 Å². The number of H-pyrrole nitrogens is 1. The summed E-state index contributed by atoms with van der Waals surface area (Å²) in [5.41, 5.74) is 6.58. The zero-order valence-electron chi connectivity index (χ0n) is 20.7. The van der Waals surface area contributed by atoms with Gasteiger partial charge in [-0.2, -0.15) is 0 Å². The molecule has 8 nitrogen and oxygen atoms in total. The molecule has 3 N–H and O–H groups in total. The van der Waals surface area contributed by atoms with Gasteiger partial charge in [0.05, 0.1) is 11.4 Å². The lowest BCUT2D eigenvalue weighted by Crippen LogP contribution is -2.39. The van der Waals surface area contributed by atoms with E-state index in [1.807, 2.05) is 61.5 Å². The van der Waals surface area contributed by atoms with Gasteiger partial charge in [-0.05, 0) is 78.4 Å². The Morgan fingerprint density at radius 2 is 1.83 bits per heavy atom. The summed E-state index contributed by atoms with van der Waals surface area (Å²) < 4.78 is 0. The van der Waals surface area contributed by atoms with E-state index in [4.69, 9.17) is 0 Å². The monoisotopic (exact) mass is 481 g/mol. The lowest BCUT2D eigenvalue weighted by Gasteiger charge is -2.38. The van der Waals surface area contributed by atoms with E-state index in [1.54, 1.807) is 0 Å².